The van der Waals surface area contributed by atoms with E-state index in [1.807, 2.05) is 6.20 Å². The average Bonchev–Trinajstić information content (AvgIpc) is 2.99. The van der Waals surface area contributed by atoms with Gasteiger partial charge >= 0.3 is 0 Å². The molecule has 1 aromatic heterocycles. The van der Waals surface area contributed by atoms with Gasteiger partial charge < -0.3 is 10.2 Å². The second-order valence-corrected chi connectivity index (χ2v) is 5.93. The first-order valence-corrected chi connectivity index (χ1v) is 7.82. The molecular weight excluding hydrogens is 266 g/mol. The number of rotatable bonds is 7. The molecule has 1 atom stereocenters. The van der Waals surface area contributed by atoms with Crippen LogP contribution in [0.4, 0.5) is 0 Å². The van der Waals surface area contributed by atoms with E-state index >= 15 is 0 Å². The van der Waals surface area contributed by atoms with Gasteiger partial charge in [0, 0.05) is 51.4 Å². The van der Waals surface area contributed by atoms with E-state index in [1.165, 1.54) is 0 Å². The second-order valence-electron chi connectivity index (χ2n) is 5.93. The van der Waals surface area contributed by atoms with Crippen molar-refractivity contribution in [1.82, 2.24) is 25.3 Å². The van der Waals surface area contributed by atoms with Gasteiger partial charge in [0.25, 0.3) is 0 Å². The summed E-state index contributed by atoms with van der Waals surface area (Å²) in [6.07, 6.45) is 6.03. The molecule has 0 aromatic carbocycles. The number of amides is 1. The van der Waals surface area contributed by atoms with Crippen molar-refractivity contribution in [1.29, 1.82) is 0 Å². The summed E-state index contributed by atoms with van der Waals surface area (Å²) in [6, 6.07) is 0.485. The number of hydrogen-bond acceptors (Lipinski definition) is 4. The SMILES string of the molecule is C[C@H](CCC(=O)NCCc1cn[nH]c1)N1CCN(C)CC1. The quantitative estimate of drug-likeness (QED) is 0.768. The summed E-state index contributed by atoms with van der Waals surface area (Å²) in [5.74, 6) is 0.152. The van der Waals surface area contributed by atoms with Gasteiger partial charge in [0.05, 0.1) is 6.20 Å². The number of H-pyrrole nitrogens is 1. The van der Waals surface area contributed by atoms with Crippen molar-refractivity contribution >= 4 is 5.91 Å². The molecule has 1 amide bonds. The largest absolute Gasteiger partial charge is 0.356 e. The Hall–Kier alpha value is -1.40. The van der Waals surface area contributed by atoms with Gasteiger partial charge in [-0.2, -0.15) is 5.10 Å². The zero-order chi connectivity index (χ0) is 15.1. The first-order valence-electron chi connectivity index (χ1n) is 7.82. The van der Waals surface area contributed by atoms with Gasteiger partial charge in [0.2, 0.25) is 5.91 Å². The molecule has 0 saturated carbocycles. The predicted octanol–water partition coefficient (Wildman–Crippen LogP) is 0.485. The third-order valence-electron chi connectivity index (χ3n) is 4.24. The molecule has 0 spiro atoms. The van der Waals surface area contributed by atoms with Gasteiger partial charge in [-0.05, 0) is 32.4 Å². The van der Waals surface area contributed by atoms with Crippen LogP contribution in [0.3, 0.4) is 0 Å². The topological polar surface area (TPSA) is 64.3 Å². The lowest BCUT2D eigenvalue weighted by molar-refractivity contribution is -0.121. The van der Waals surface area contributed by atoms with Crippen molar-refractivity contribution in [3.05, 3.63) is 18.0 Å². The molecule has 2 N–H and O–H groups in total. The van der Waals surface area contributed by atoms with E-state index in [-0.39, 0.29) is 5.91 Å². The van der Waals surface area contributed by atoms with Gasteiger partial charge in [-0.15, -0.1) is 0 Å². The summed E-state index contributed by atoms with van der Waals surface area (Å²) in [4.78, 5) is 16.7. The molecule has 1 fully saturated rings. The minimum Gasteiger partial charge on any atom is -0.356 e. The third kappa shape index (κ3) is 5.47. The normalized spacial score (nSPS) is 18.6. The number of aromatic nitrogens is 2. The average molecular weight is 293 g/mol. The number of carbonyl (C=O) groups is 1. The highest BCUT2D eigenvalue weighted by Gasteiger charge is 2.19. The van der Waals surface area contributed by atoms with Crippen molar-refractivity contribution in [3.63, 3.8) is 0 Å². The van der Waals surface area contributed by atoms with Crippen LogP contribution in [0.2, 0.25) is 0 Å². The van der Waals surface area contributed by atoms with Gasteiger partial charge in [-0.1, -0.05) is 0 Å². The highest BCUT2D eigenvalue weighted by molar-refractivity contribution is 5.75. The lowest BCUT2D eigenvalue weighted by atomic mass is 10.1. The summed E-state index contributed by atoms with van der Waals surface area (Å²) < 4.78 is 0. The molecule has 2 heterocycles. The first-order chi connectivity index (χ1) is 10.1. The molecule has 21 heavy (non-hydrogen) atoms. The summed E-state index contributed by atoms with van der Waals surface area (Å²) in [5.41, 5.74) is 1.13. The fourth-order valence-corrected chi connectivity index (χ4v) is 2.63. The highest BCUT2D eigenvalue weighted by Crippen LogP contribution is 2.09. The number of aromatic amines is 1. The number of hydrogen-bond donors (Lipinski definition) is 2. The number of likely N-dealkylation sites (N-methyl/N-ethyl adjacent to an activating group) is 1. The fourth-order valence-electron chi connectivity index (χ4n) is 2.63. The molecule has 1 aliphatic heterocycles. The van der Waals surface area contributed by atoms with Crippen LogP contribution < -0.4 is 5.32 Å². The second kappa shape index (κ2) is 8.14. The molecular formula is C15H27N5O. The molecule has 1 aliphatic rings. The lowest BCUT2D eigenvalue weighted by Gasteiger charge is -2.36. The Morgan fingerprint density at radius 1 is 1.43 bits per heavy atom. The summed E-state index contributed by atoms with van der Waals surface area (Å²) >= 11 is 0. The maximum atomic E-state index is 11.8. The first kappa shape index (κ1) is 16.0. The van der Waals surface area contributed by atoms with Crippen LogP contribution in [0.5, 0.6) is 0 Å². The van der Waals surface area contributed by atoms with Crippen LogP contribution in [0, 0.1) is 0 Å². The molecule has 1 aromatic rings. The smallest absolute Gasteiger partial charge is 0.220 e. The van der Waals surface area contributed by atoms with Crippen LogP contribution in [0.1, 0.15) is 25.3 Å². The Morgan fingerprint density at radius 3 is 2.86 bits per heavy atom. The molecule has 1 saturated heterocycles. The third-order valence-corrected chi connectivity index (χ3v) is 4.24. The van der Waals surface area contributed by atoms with Gasteiger partial charge in [-0.25, -0.2) is 0 Å². The number of nitrogens with zero attached hydrogens (tertiary/aromatic N) is 3. The maximum absolute atomic E-state index is 11.8. The molecule has 118 valence electrons. The van der Waals surface area contributed by atoms with E-state index in [0.29, 0.717) is 19.0 Å². The van der Waals surface area contributed by atoms with Crippen molar-refractivity contribution in [2.45, 2.75) is 32.2 Å². The zero-order valence-electron chi connectivity index (χ0n) is 13.1. The van der Waals surface area contributed by atoms with Gasteiger partial charge in [0.15, 0.2) is 0 Å². The van der Waals surface area contributed by atoms with Gasteiger partial charge in [0.1, 0.15) is 0 Å². The summed E-state index contributed by atoms with van der Waals surface area (Å²) in [7, 11) is 2.16. The molecule has 0 radical (unpaired) electrons. The summed E-state index contributed by atoms with van der Waals surface area (Å²) in [5, 5.41) is 9.64. The van der Waals surface area contributed by atoms with Crippen molar-refractivity contribution < 1.29 is 4.79 Å². The van der Waals surface area contributed by atoms with E-state index in [9.17, 15) is 4.79 Å². The van der Waals surface area contributed by atoms with E-state index < -0.39 is 0 Å². The number of piperazine rings is 1. The van der Waals surface area contributed by atoms with Crippen LogP contribution in [-0.2, 0) is 11.2 Å². The Morgan fingerprint density at radius 2 is 2.19 bits per heavy atom. The Bertz CT molecular complexity index is 412. The maximum Gasteiger partial charge on any atom is 0.220 e. The molecule has 0 unspecified atom stereocenters. The molecule has 0 bridgehead atoms. The molecule has 2 rings (SSSR count). The van der Waals surface area contributed by atoms with Crippen LogP contribution in [0.15, 0.2) is 12.4 Å². The van der Waals surface area contributed by atoms with Crippen LogP contribution in [-0.4, -0.2) is 71.7 Å². The minimum atomic E-state index is 0.152. The van der Waals surface area contributed by atoms with Crippen LogP contribution >= 0.6 is 0 Å². The van der Waals surface area contributed by atoms with Crippen molar-refractivity contribution in [2.24, 2.45) is 0 Å². The number of nitrogens with one attached hydrogen (secondary N) is 2. The highest BCUT2D eigenvalue weighted by atomic mass is 16.1. The predicted molar refractivity (Wildman–Crippen MR) is 83.1 cm³/mol. The van der Waals surface area contributed by atoms with Crippen LogP contribution in [0.25, 0.3) is 0 Å². The zero-order valence-corrected chi connectivity index (χ0v) is 13.1. The fraction of sp³-hybridized carbons (Fsp3) is 0.733. The van der Waals surface area contributed by atoms with E-state index in [4.69, 9.17) is 0 Å². The Balaban J connectivity index is 1.57. The van der Waals surface area contributed by atoms with Crippen molar-refractivity contribution in [3.8, 4) is 0 Å². The monoisotopic (exact) mass is 293 g/mol. The minimum absolute atomic E-state index is 0.152. The van der Waals surface area contributed by atoms with E-state index in [2.05, 4.69) is 39.3 Å². The Kier molecular flexibility index (Phi) is 6.20. The standard InChI is InChI=1S/C15H27N5O/c1-13(20-9-7-19(2)8-10-20)3-4-15(21)16-6-5-14-11-17-18-12-14/h11-13H,3-10H2,1-2H3,(H,16,21)(H,17,18)/t13-/m1/s1. The van der Waals surface area contributed by atoms with E-state index in [0.717, 1.165) is 44.6 Å². The van der Waals surface area contributed by atoms with E-state index in [1.54, 1.807) is 6.20 Å². The van der Waals surface area contributed by atoms with Crippen molar-refractivity contribution in [2.75, 3.05) is 39.8 Å². The molecule has 6 heteroatoms. The lowest BCUT2D eigenvalue weighted by Crippen LogP contribution is -2.48. The Labute approximate surface area is 126 Å². The summed E-state index contributed by atoms with van der Waals surface area (Å²) in [6.45, 7) is 7.38. The molecule has 6 nitrogen and oxygen atoms in total. The van der Waals surface area contributed by atoms with Gasteiger partial charge in [-0.3, -0.25) is 14.8 Å². The number of carbonyl (C=O) groups excluding carboxylic acids is 1. The molecule has 0 aliphatic carbocycles.